The summed E-state index contributed by atoms with van der Waals surface area (Å²) in [4.78, 5) is 14.2. The number of thiocarbonyl (C=S) groups is 1. The minimum absolute atomic E-state index is 0.133. The van der Waals surface area contributed by atoms with E-state index in [2.05, 4.69) is 6.58 Å². The standard InChI is InChI=1S/C13H9Cl2NOS2/c1-2-6-16-12(17)10(19-13(16)18)7-8-4-3-5-9(14)11(8)15/h2-5,7H,1,6H2. The van der Waals surface area contributed by atoms with Gasteiger partial charge < -0.3 is 0 Å². The van der Waals surface area contributed by atoms with Crippen LogP contribution in [0.15, 0.2) is 35.8 Å². The van der Waals surface area contributed by atoms with Crippen LogP contribution in [0, 0.1) is 0 Å². The van der Waals surface area contributed by atoms with Gasteiger partial charge in [-0.25, -0.2) is 0 Å². The quantitative estimate of drug-likeness (QED) is 0.466. The first-order chi connectivity index (χ1) is 9.04. The van der Waals surface area contributed by atoms with Crippen LogP contribution in [-0.4, -0.2) is 21.7 Å². The molecule has 1 aromatic carbocycles. The molecule has 0 aromatic heterocycles. The molecular formula is C13H9Cl2NOS2. The molecule has 6 heteroatoms. The molecule has 1 fully saturated rings. The van der Waals surface area contributed by atoms with Crippen LogP contribution < -0.4 is 0 Å². The van der Waals surface area contributed by atoms with E-state index in [0.717, 1.165) is 0 Å². The Bertz CT molecular complexity index is 598. The molecule has 1 heterocycles. The summed E-state index contributed by atoms with van der Waals surface area (Å²) in [5, 5.41) is 0.884. The highest BCUT2D eigenvalue weighted by Gasteiger charge is 2.31. The number of rotatable bonds is 3. The molecule has 0 atom stereocenters. The molecule has 0 spiro atoms. The number of hydrogen-bond acceptors (Lipinski definition) is 3. The molecule has 1 saturated heterocycles. The van der Waals surface area contributed by atoms with Crippen molar-refractivity contribution in [2.24, 2.45) is 0 Å². The number of nitrogens with zero attached hydrogens (tertiary/aromatic N) is 1. The zero-order chi connectivity index (χ0) is 14.0. The third-order valence-corrected chi connectivity index (χ3v) is 4.66. The molecular weight excluding hydrogens is 321 g/mol. The molecule has 1 aliphatic rings. The van der Waals surface area contributed by atoms with Gasteiger partial charge in [0.15, 0.2) is 0 Å². The van der Waals surface area contributed by atoms with Crippen LogP contribution in [0.1, 0.15) is 5.56 Å². The van der Waals surface area contributed by atoms with Crippen molar-refractivity contribution in [2.45, 2.75) is 0 Å². The van der Waals surface area contributed by atoms with Gasteiger partial charge >= 0.3 is 0 Å². The predicted molar refractivity (Wildman–Crippen MR) is 86.5 cm³/mol. The van der Waals surface area contributed by atoms with Crippen LogP contribution in [0.4, 0.5) is 0 Å². The summed E-state index contributed by atoms with van der Waals surface area (Å²) < 4.78 is 0.523. The van der Waals surface area contributed by atoms with E-state index >= 15 is 0 Å². The van der Waals surface area contributed by atoms with E-state index in [1.807, 2.05) is 0 Å². The molecule has 0 aliphatic carbocycles. The summed E-state index contributed by atoms with van der Waals surface area (Å²) >= 11 is 18.4. The Morgan fingerprint density at radius 2 is 2.16 bits per heavy atom. The van der Waals surface area contributed by atoms with Crippen molar-refractivity contribution in [3.8, 4) is 0 Å². The number of carbonyl (C=O) groups excluding carboxylic acids is 1. The highest BCUT2D eigenvalue weighted by molar-refractivity contribution is 8.26. The van der Waals surface area contributed by atoms with Gasteiger partial charge in [-0.2, -0.15) is 0 Å². The van der Waals surface area contributed by atoms with E-state index in [0.29, 0.717) is 31.4 Å². The zero-order valence-electron chi connectivity index (χ0n) is 9.73. The number of carbonyl (C=O) groups is 1. The van der Waals surface area contributed by atoms with Crippen LogP contribution in [0.25, 0.3) is 6.08 Å². The van der Waals surface area contributed by atoms with Gasteiger partial charge in [0, 0.05) is 6.54 Å². The van der Waals surface area contributed by atoms with Crippen molar-refractivity contribution in [3.63, 3.8) is 0 Å². The maximum Gasteiger partial charge on any atom is 0.266 e. The SMILES string of the molecule is C=CCN1C(=O)C(=Cc2cccc(Cl)c2Cl)SC1=S. The first-order valence-corrected chi connectivity index (χ1v) is 7.33. The molecule has 0 saturated carbocycles. The van der Waals surface area contributed by atoms with E-state index in [-0.39, 0.29) is 5.91 Å². The predicted octanol–water partition coefficient (Wildman–Crippen LogP) is 4.38. The number of halogens is 2. The Balaban J connectivity index is 2.35. The Labute approximate surface area is 131 Å². The Morgan fingerprint density at radius 1 is 1.42 bits per heavy atom. The average molecular weight is 330 g/mol. The third-order valence-electron chi connectivity index (χ3n) is 2.45. The monoisotopic (exact) mass is 329 g/mol. The molecule has 0 unspecified atom stereocenters. The summed E-state index contributed by atoms with van der Waals surface area (Å²) in [7, 11) is 0. The first-order valence-electron chi connectivity index (χ1n) is 5.35. The van der Waals surface area contributed by atoms with E-state index in [1.165, 1.54) is 16.7 Å². The Kier molecular flexibility index (Phi) is 4.68. The smallest absolute Gasteiger partial charge is 0.266 e. The van der Waals surface area contributed by atoms with Gasteiger partial charge in [0.05, 0.1) is 15.0 Å². The number of amides is 1. The largest absolute Gasteiger partial charge is 0.289 e. The minimum atomic E-state index is -0.133. The molecule has 1 aliphatic heterocycles. The Morgan fingerprint density at radius 3 is 2.84 bits per heavy atom. The second-order valence-corrected chi connectivity index (χ2v) is 6.18. The fraction of sp³-hybridized carbons (Fsp3) is 0.0769. The lowest BCUT2D eigenvalue weighted by molar-refractivity contribution is -0.121. The van der Waals surface area contributed by atoms with Crippen LogP contribution in [0.5, 0.6) is 0 Å². The second kappa shape index (κ2) is 6.09. The molecule has 0 N–H and O–H groups in total. The van der Waals surface area contributed by atoms with Crippen molar-refractivity contribution in [1.29, 1.82) is 0 Å². The van der Waals surface area contributed by atoms with Crippen molar-refractivity contribution >= 4 is 63.5 Å². The van der Waals surface area contributed by atoms with Gasteiger partial charge in [0.1, 0.15) is 4.32 Å². The summed E-state index contributed by atoms with van der Waals surface area (Å²) in [5.41, 5.74) is 0.702. The van der Waals surface area contributed by atoms with Crippen LogP contribution in [0.3, 0.4) is 0 Å². The average Bonchev–Trinajstić information content (AvgIpc) is 2.63. The zero-order valence-corrected chi connectivity index (χ0v) is 12.9. The molecule has 1 amide bonds. The van der Waals surface area contributed by atoms with E-state index in [4.69, 9.17) is 35.4 Å². The van der Waals surface area contributed by atoms with Gasteiger partial charge in [-0.15, -0.1) is 6.58 Å². The maximum atomic E-state index is 12.1. The van der Waals surface area contributed by atoms with Crippen LogP contribution in [0.2, 0.25) is 10.0 Å². The van der Waals surface area contributed by atoms with Crippen molar-refractivity contribution in [3.05, 3.63) is 51.4 Å². The van der Waals surface area contributed by atoms with Gasteiger partial charge in [0.2, 0.25) is 0 Å². The number of benzene rings is 1. The molecule has 2 nitrogen and oxygen atoms in total. The normalized spacial score (nSPS) is 17.4. The fourth-order valence-electron chi connectivity index (χ4n) is 1.56. The summed E-state index contributed by atoms with van der Waals surface area (Å²) in [6.07, 6.45) is 3.34. The van der Waals surface area contributed by atoms with Gasteiger partial charge in [-0.05, 0) is 17.7 Å². The molecule has 0 bridgehead atoms. The van der Waals surface area contributed by atoms with Crippen molar-refractivity contribution < 1.29 is 4.79 Å². The summed E-state index contributed by atoms with van der Waals surface area (Å²) in [5.74, 6) is -0.133. The molecule has 0 radical (unpaired) electrons. The highest BCUT2D eigenvalue weighted by Crippen LogP contribution is 2.35. The molecule has 19 heavy (non-hydrogen) atoms. The first kappa shape index (κ1) is 14.6. The maximum absolute atomic E-state index is 12.1. The van der Waals surface area contributed by atoms with Gasteiger partial charge in [0.25, 0.3) is 5.91 Å². The van der Waals surface area contributed by atoms with Crippen molar-refractivity contribution in [2.75, 3.05) is 6.54 Å². The van der Waals surface area contributed by atoms with Gasteiger partial charge in [-0.1, -0.05) is 65.4 Å². The fourth-order valence-corrected chi connectivity index (χ4v) is 3.19. The topological polar surface area (TPSA) is 20.3 Å². The van der Waals surface area contributed by atoms with Gasteiger partial charge in [-0.3, -0.25) is 9.69 Å². The molecule has 1 aromatic rings. The van der Waals surface area contributed by atoms with E-state index < -0.39 is 0 Å². The molecule has 2 rings (SSSR count). The minimum Gasteiger partial charge on any atom is -0.289 e. The summed E-state index contributed by atoms with van der Waals surface area (Å²) in [6.45, 7) is 4.02. The van der Waals surface area contributed by atoms with Crippen LogP contribution in [-0.2, 0) is 4.79 Å². The van der Waals surface area contributed by atoms with E-state index in [9.17, 15) is 4.79 Å². The summed E-state index contributed by atoms with van der Waals surface area (Å²) in [6, 6.07) is 5.28. The second-order valence-electron chi connectivity index (χ2n) is 3.72. The molecule has 98 valence electrons. The Hall–Kier alpha value is -0.810. The number of hydrogen-bond donors (Lipinski definition) is 0. The van der Waals surface area contributed by atoms with E-state index in [1.54, 1.807) is 30.4 Å². The number of thioether (sulfide) groups is 1. The lowest BCUT2D eigenvalue weighted by Crippen LogP contribution is -2.27. The third kappa shape index (κ3) is 3.03. The van der Waals surface area contributed by atoms with Crippen LogP contribution >= 0.6 is 47.2 Å². The lowest BCUT2D eigenvalue weighted by Gasteiger charge is -2.10. The van der Waals surface area contributed by atoms with Crippen molar-refractivity contribution in [1.82, 2.24) is 4.90 Å². The lowest BCUT2D eigenvalue weighted by atomic mass is 10.2. The highest BCUT2D eigenvalue weighted by atomic mass is 35.5.